The fourth-order valence-electron chi connectivity index (χ4n) is 3.60. The summed E-state index contributed by atoms with van der Waals surface area (Å²) < 4.78 is 3.95. The predicted molar refractivity (Wildman–Crippen MR) is 111 cm³/mol. The van der Waals surface area contributed by atoms with E-state index in [4.69, 9.17) is 0 Å². The third kappa shape index (κ3) is 4.20. The van der Waals surface area contributed by atoms with Crippen molar-refractivity contribution in [3.8, 4) is 5.69 Å². The summed E-state index contributed by atoms with van der Waals surface area (Å²) in [5.41, 5.74) is 1.75. The molecule has 0 aliphatic carbocycles. The molecule has 0 radical (unpaired) electrons. The zero-order valence-corrected chi connectivity index (χ0v) is 16.9. The van der Waals surface area contributed by atoms with E-state index in [1.54, 1.807) is 0 Å². The summed E-state index contributed by atoms with van der Waals surface area (Å²) in [6.45, 7) is 3.00. The molecule has 28 heavy (non-hydrogen) atoms. The molecule has 1 aliphatic rings. The summed E-state index contributed by atoms with van der Waals surface area (Å²) in [6, 6.07) is 13.9. The number of carbonyl (C=O) groups excluding carboxylic acids is 1. The Morgan fingerprint density at radius 2 is 1.82 bits per heavy atom. The van der Waals surface area contributed by atoms with E-state index in [0.29, 0.717) is 11.4 Å². The lowest BCUT2D eigenvalue weighted by molar-refractivity contribution is 0.101. The number of hydrogen-bond acceptors (Lipinski definition) is 5. The number of nitrogens with zero attached hydrogens (tertiary/aromatic N) is 5. The van der Waals surface area contributed by atoms with Crippen molar-refractivity contribution in [1.29, 1.82) is 0 Å². The first-order chi connectivity index (χ1) is 13.7. The second kappa shape index (κ2) is 8.75. The molecule has 3 heterocycles. The molecule has 1 saturated heterocycles. The molecule has 2 aromatic heterocycles. The van der Waals surface area contributed by atoms with Gasteiger partial charge < -0.3 is 4.57 Å². The molecule has 0 unspecified atom stereocenters. The van der Waals surface area contributed by atoms with Crippen molar-refractivity contribution in [2.24, 2.45) is 7.05 Å². The first-order valence-corrected chi connectivity index (χ1v) is 10.7. The largest absolute Gasteiger partial charge is 0.348 e. The summed E-state index contributed by atoms with van der Waals surface area (Å²) >= 11 is 1.45. The van der Waals surface area contributed by atoms with Crippen molar-refractivity contribution in [3.05, 3.63) is 60.2 Å². The van der Waals surface area contributed by atoms with E-state index in [2.05, 4.69) is 31.8 Å². The minimum absolute atomic E-state index is 0.0951. The second-order valence-corrected chi connectivity index (χ2v) is 8.07. The zero-order valence-electron chi connectivity index (χ0n) is 16.1. The first-order valence-electron chi connectivity index (χ1n) is 9.72. The number of hydrogen-bond donors (Lipinski definition) is 0. The normalized spacial score (nSPS) is 15.0. The smallest absolute Gasteiger partial charge is 0.196 e. The van der Waals surface area contributed by atoms with E-state index in [-0.39, 0.29) is 5.78 Å². The molecule has 1 fully saturated rings. The minimum atomic E-state index is 0.0951. The highest BCUT2D eigenvalue weighted by atomic mass is 32.2. The number of thioether (sulfide) groups is 1. The van der Waals surface area contributed by atoms with Crippen LogP contribution in [0.25, 0.3) is 5.69 Å². The van der Waals surface area contributed by atoms with E-state index in [9.17, 15) is 4.79 Å². The standard InChI is InChI=1S/C21H25N5OS/c1-24-12-8-11-18(24)19(27)16-28-21-23-22-20(15-25-13-6-3-7-14-25)26(21)17-9-4-2-5-10-17/h2,4-5,8-12H,3,6-7,13-16H2,1H3. The summed E-state index contributed by atoms with van der Waals surface area (Å²) in [4.78, 5) is 15.0. The van der Waals surface area contributed by atoms with Gasteiger partial charge in [-0.1, -0.05) is 36.4 Å². The highest BCUT2D eigenvalue weighted by Gasteiger charge is 2.20. The molecule has 0 spiro atoms. The van der Waals surface area contributed by atoms with Gasteiger partial charge in [-0.15, -0.1) is 10.2 Å². The molecule has 0 atom stereocenters. The van der Waals surface area contributed by atoms with Crippen molar-refractivity contribution in [2.75, 3.05) is 18.8 Å². The van der Waals surface area contributed by atoms with Gasteiger partial charge in [0.05, 0.1) is 18.0 Å². The Hall–Kier alpha value is -2.38. The number of Topliss-reactive ketones (excluding diaryl/α,β-unsaturated/α-hetero) is 1. The molecular weight excluding hydrogens is 370 g/mol. The van der Waals surface area contributed by atoms with Crippen LogP contribution in [0.4, 0.5) is 0 Å². The predicted octanol–water partition coefficient (Wildman–Crippen LogP) is 3.57. The fourth-order valence-corrected chi connectivity index (χ4v) is 4.45. The van der Waals surface area contributed by atoms with Crippen molar-refractivity contribution in [1.82, 2.24) is 24.2 Å². The Balaban J connectivity index is 1.56. The van der Waals surface area contributed by atoms with Gasteiger partial charge in [0, 0.05) is 18.9 Å². The van der Waals surface area contributed by atoms with Crippen LogP contribution in [0.15, 0.2) is 53.8 Å². The molecule has 146 valence electrons. The van der Waals surface area contributed by atoms with Gasteiger partial charge in [0.25, 0.3) is 0 Å². The fraction of sp³-hybridized carbons (Fsp3) is 0.381. The molecule has 1 aromatic carbocycles. The van der Waals surface area contributed by atoms with Crippen LogP contribution in [-0.2, 0) is 13.6 Å². The topological polar surface area (TPSA) is 56.0 Å². The Morgan fingerprint density at radius 3 is 2.54 bits per heavy atom. The van der Waals surface area contributed by atoms with Gasteiger partial charge in [0.15, 0.2) is 16.8 Å². The van der Waals surface area contributed by atoms with Gasteiger partial charge in [-0.25, -0.2) is 0 Å². The van der Waals surface area contributed by atoms with Gasteiger partial charge in [0.2, 0.25) is 0 Å². The molecule has 0 bridgehead atoms. The van der Waals surface area contributed by atoms with Crippen LogP contribution in [-0.4, -0.2) is 48.9 Å². The number of piperidine rings is 1. The Morgan fingerprint density at radius 1 is 1.04 bits per heavy atom. The number of para-hydroxylation sites is 1. The summed E-state index contributed by atoms with van der Waals surface area (Å²) in [5, 5.41) is 9.67. The monoisotopic (exact) mass is 395 g/mol. The lowest BCUT2D eigenvalue weighted by Gasteiger charge is -2.26. The maximum atomic E-state index is 12.6. The van der Waals surface area contributed by atoms with Crippen molar-refractivity contribution < 1.29 is 4.79 Å². The number of rotatable bonds is 7. The maximum Gasteiger partial charge on any atom is 0.196 e. The lowest BCUT2D eigenvalue weighted by Crippen LogP contribution is -2.30. The van der Waals surface area contributed by atoms with Crippen molar-refractivity contribution >= 4 is 17.5 Å². The maximum absolute atomic E-state index is 12.6. The first kappa shape index (κ1) is 19.0. The highest BCUT2D eigenvalue weighted by Crippen LogP contribution is 2.24. The summed E-state index contributed by atoms with van der Waals surface area (Å²) in [7, 11) is 1.89. The van der Waals surface area contributed by atoms with E-state index in [1.165, 1.54) is 31.0 Å². The highest BCUT2D eigenvalue weighted by molar-refractivity contribution is 7.99. The van der Waals surface area contributed by atoms with Crippen LogP contribution in [0.1, 0.15) is 35.6 Å². The van der Waals surface area contributed by atoms with E-state index >= 15 is 0 Å². The van der Waals surface area contributed by atoms with Crippen LogP contribution in [0.2, 0.25) is 0 Å². The minimum Gasteiger partial charge on any atom is -0.348 e. The number of ketones is 1. The second-order valence-electron chi connectivity index (χ2n) is 7.12. The molecule has 0 saturated carbocycles. The molecule has 7 heteroatoms. The number of benzene rings is 1. The van der Waals surface area contributed by atoms with Gasteiger partial charge in [-0.05, 0) is 50.2 Å². The van der Waals surface area contributed by atoms with Crippen LogP contribution in [0.5, 0.6) is 0 Å². The van der Waals surface area contributed by atoms with Gasteiger partial charge >= 0.3 is 0 Å². The average Bonchev–Trinajstić information content (AvgIpc) is 3.33. The molecular formula is C21H25N5OS. The zero-order chi connectivity index (χ0) is 19.3. The molecule has 0 amide bonds. The molecule has 0 N–H and O–H groups in total. The number of aromatic nitrogens is 4. The third-order valence-corrected chi connectivity index (χ3v) is 6.02. The van der Waals surface area contributed by atoms with E-state index in [0.717, 1.165) is 36.3 Å². The molecule has 4 rings (SSSR count). The van der Waals surface area contributed by atoms with Gasteiger partial charge in [-0.3, -0.25) is 14.3 Å². The SMILES string of the molecule is Cn1cccc1C(=O)CSc1nnc(CN2CCCCC2)n1-c1ccccc1. The molecule has 3 aromatic rings. The van der Waals surface area contributed by atoms with Crippen molar-refractivity contribution in [3.63, 3.8) is 0 Å². The lowest BCUT2D eigenvalue weighted by atomic mass is 10.1. The van der Waals surface area contributed by atoms with Crippen LogP contribution in [0, 0.1) is 0 Å². The molecule has 6 nitrogen and oxygen atoms in total. The Kier molecular flexibility index (Phi) is 5.92. The van der Waals surface area contributed by atoms with Crippen molar-refractivity contribution in [2.45, 2.75) is 31.0 Å². The number of carbonyl (C=O) groups is 1. The van der Waals surface area contributed by atoms with Crippen LogP contribution >= 0.6 is 11.8 Å². The Bertz CT molecular complexity index is 927. The third-order valence-electron chi connectivity index (χ3n) is 5.09. The number of likely N-dealkylation sites (tertiary alicyclic amines) is 1. The average molecular weight is 396 g/mol. The molecule has 1 aliphatic heterocycles. The summed E-state index contributed by atoms with van der Waals surface area (Å²) in [5.74, 6) is 1.37. The van der Waals surface area contributed by atoms with Crippen LogP contribution < -0.4 is 0 Å². The van der Waals surface area contributed by atoms with E-state index < -0.39 is 0 Å². The Labute approximate surface area is 169 Å². The quantitative estimate of drug-likeness (QED) is 0.452. The van der Waals surface area contributed by atoms with Gasteiger partial charge in [0.1, 0.15) is 0 Å². The number of aryl methyl sites for hydroxylation is 1. The van der Waals surface area contributed by atoms with Gasteiger partial charge in [-0.2, -0.15) is 0 Å². The van der Waals surface area contributed by atoms with E-state index in [1.807, 2.05) is 48.1 Å². The van der Waals surface area contributed by atoms with Crippen LogP contribution in [0.3, 0.4) is 0 Å². The summed E-state index contributed by atoms with van der Waals surface area (Å²) in [6.07, 6.45) is 5.68.